The van der Waals surface area contributed by atoms with Crippen LogP contribution in [0.25, 0.3) is 0 Å². The SMILES string of the molecule is O=C(O)C(c1ccc([N+](=O)[O-])cc1)S(=O)[O-]. The van der Waals surface area contributed by atoms with Crippen LogP contribution < -0.4 is 0 Å². The van der Waals surface area contributed by atoms with E-state index in [9.17, 15) is 23.7 Å². The molecule has 0 heterocycles. The van der Waals surface area contributed by atoms with Crippen LogP contribution in [0, 0.1) is 10.1 Å². The van der Waals surface area contributed by atoms with Crippen LogP contribution in [0.1, 0.15) is 10.8 Å². The van der Waals surface area contributed by atoms with Gasteiger partial charge in [0.2, 0.25) is 0 Å². The maximum Gasteiger partial charge on any atom is 0.322 e. The van der Waals surface area contributed by atoms with Crippen molar-refractivity contribution >= 4 is 22.7 Å². The number of nitrogens with zero attached hydrogens (tertiary/aromatic N) is 1. The van der Waals surface area contributed by atoms with Crippen LogP contribution in [0.2, 0.25) is 0 Å². The molecule has 0 fully saturated rings. The lowest BCUT2D eigenvalue weighted by Gasteiger charge is -2.14. The van der Waals surface area contributed by atoms with Crippen LogP contribution in [0.5, 0.6) is 0 Å². The Hall–Kier alpha value is -1.80. The molecule has 0 radical (unpaired) electrons. The van der Waals surface area contributed by atoms with Crippen LogP contribution in [0.3, 0.4) is 0 Å². The Morgan fingerprint density at radius 3 is 2.19 bits per heavy atom. The molecule has 0 aliphatic carbocycles. The monoisotopic (exact) mass is 244 g/mol. The highest BCUT2D eigenvalue weighted by atomic mass is 32.2. The first-order valence-electron chi connectivity index (χ1n) is 3.98. The molecule has 16 heavy (non-hydrogen) atoms. The van der Waals surface area contributed by atoms with Crippen LogP contribution in [0.4, 0.5) is 5.69 Å². The Morgan fingerprint density at radius 2 is 1.88 bits per heavy atom. The van der Waals surface area contributed by atoms with E-state index in [1.807, 2.05) is 0 Å². The van der Waals surface area contributed by atoms with Crippen molar-refractivity contribution in [2.75, 3.05) is 0 Å². The zero-order valence-electron chi connectivity index (χ0n) is 7.73. The maximum atomic E-state index is 10.6. The Labute approximate surface area is 92.1 Å². The average Bonchev–Trinajstić information content (AvgIpc) is 2.17. The van der Waals surface area contributed by atoms with Crippen LogP contribution >= 0.6 is 0 Å². The first kappa shape index (κ1) is 12.3. The van der Waals surface area contributed by atoms with Gasteiger partial charge in [0, 0.05) is 12.1 Å². The van der Waals surface area contributed by atoms with Crippen molar-refractivity contribution < 1.29 is 23.6 Å². The molecule has 0 amide bonds. The number of hydrogen-bond donors (Lipinski definition) is 1. The zero-order valence-corrected chi connectivity index (χ0v) is 8.55. The van der Waals surface area contributed by atoms with Crippen molar-refractivity contribution in [3.63, 3.8) is 0 Å². The number of aliphatic carboxylic acids is 1. The van der Waals surface area contributed by atoms with Crippen LogP contribution in [-0.4, -0.2) is 24.8 Å². The molecule has 0 aliphatic rings. The highest BCUT2D eigenvalue weighted by Gasteiger charge is 2.21. The largest absolute Gasteiger partial charge is 0.771 e. The molecule has 0 aliphatic heterocycles. The molecule has 0 bridgehead atoms. The summed E-state index contributed by atoms with van der Waals surface area (Å²) in [6.45, 7) is 0. The van der Waals surface area contributed by atoms with Gasteiger partial charge in [-0.05, 0) is 16.6 Å². The standard InChI is InChI=1S/C8H7NO6S/c10-8(11)7(16(14)15)5-1-3-6(4-2-5)9(12)13/h1-4,7H,(H,10,11)(H,14,15)/p-1. The third-order valence-corrected chi connectivity index (χ3v) is 2.68. The minimum absolute atomic E-state index is 0.0218. The molecule has 0 spiro atoms. The summed E-state index contributed by atoms with van der Waals surface area (Å²) in [5, 5.41) is 17.3. The van der Waals surface area contributed by atoms with Gasteiger partial charge in [-0.1, -0.05) is 12.1 Å². The minimum atomic E-state index is -2.82. The number of rotatable bonds is 4. The van der Waals surface area contributed by atoms with Crippen LogP contribution in [0.15, 0.2) is 24.3 Å². The minimum Gasteiger partial charge on any atom is -0.771 e. The fraction of sp³-hybridized carbons (Fsp3) is 0.125. The van der Waals surface area contributed by atoms with Crippen LogP contribution in [-0.2, 0) is 15.9 Å². The molecular formula is C8H6NO6S-. The summed E-state index contributed by atoms with van der Waals surface area (Å²) in [5.74, 6) is -1.53. The Bertz CT molecular complexity index is 428. The van der Waals surface area contributed by atoms with Crippen molar-refractivity contribution in [1.82, 2.24) is 0 Å². The predicted molar refractivity (Wildman–Crippen MR) is 52.4 cm³/mol. The maximum absolute atomic E-state index is 10.6. The van der Waals surface area contributed by atoms with Gasteiger partial charge in [0.25, 0.3) is 5.69 Å². The number of nitro groups is 1. The van der Waals surface area contributed by atoms with Gasteiger partial charge in [-0.2, -0.15) is 0 Å². The topological polar surface area (TPSA) is 121 Å². The molecular weight excluding hydrogens is 238 g/mol. The smallest absolute Gasteiger partial charge is 0.322 e. The third kappa shape index (κ3) is 2.61. The van der Waals surface area contributed by atoms with E-state index in [0.29, 0.717) is 0 Å². The number of carboxylic acid groups (broad SMARTS) is 1. The Balaban J connectivity index is 3.08. The van der Waals surface area contributed by atoms with Gasteiger partial charge in [0.05, 0.1) is 4.92 Å². The van der Waals surface area contributed by atoms with Crippen molar-refractivity contribution in [3.8, 4) is 0 Å². The molecule has 1 aromatic carbocycles. The second-order valence-corrected chi connectivity index (χ2v) is 3.82. The molecule has 1 aromatic rings. The predicted octanol–water partition coefficient (Wildman–Crippen LogP) is 0.600. The molecule has 1 N–H and O–H groups in total. The van der Waals surface area contributed by atoms with E-state index in [1.54, 1.807) is 0 Å². The van der Waals surface area contributed by atoms with Gasteiger partial charge >= 0.3 is 5.97 Å². The highest BCUT2D eigenvalue weighted by molar-refractivity contribution is 7.80. The summed E-state index contributed by atoms with van der Waals surface area (Å²) in [6, 6.07) is 4.32. The highest BCUT2D eigenvalue weighted by Crippen LogP contribution is 2.21. The van der Waals surface area contributed by atoms with Crippen molar-refractivity contribution in [1.29, 1.82) is 0 Å². The quantitative estimate of drug-likeness (QED) is 0.470. The van der Waals surface area contributed by atoms with Gasteiger partial charge in [0.1, 0.15) is 5.25 Å². The second kappa shape index (κ2) is 4.81. The van der Waals surface area contributed by atoms with E-state index in [1.165, 1.54) is 0 Å². The number of hydrogen-bond acceptors (Lipinski definition) is 5. The van der Waals surface area contributed by atoms with E-state index in [0.717, 1.165) is 24.3 Å². The number of carboxylic acids is 1. The number of benzene rings is 1. The van der Waals surface area contributed by atoms with E-state index >= 15 is 0 Å². The molecule has 7 nitrogen and oxygen atoms in total. The molecule has 86 valence electrons. The summed E-state index contributed by atoms with van der Waals surface area (Å²) in [7, 11) is 0. The second-order valence-electron chi connectivity index (χ2n) is 2.83. The van der Waals surface area contributed by atoms with Gasteiger partial charge in [-0.15, -0.1) is 0 Å². The zero-order chi connectivity index (χ0) is 12.3. The summed E-state index contributed by atoms with van der Waals surface area (Å²) in [6.07, 6.45) is 0. The summed E-state index contributed by atoms with van der Waals surface area (Å²) < 4.78 is 21.3. The molecule has 2 unspecified atom stereocenters. The molecule has 8 heteroatoms. The fourth-order valence-corrected chi connectivity index (χ4v) is 1.65. The van der Waals surface area contributed by atoms with Crippen molar-refractivity contribution in [2.24, 2.45) is 0 Å². The van der Waals surface area contributed by atoms with Gasteiger partial charge in [-0.3, -0.25) is 19.1 Å². The van der Waals surface area contributed by atoms with Gasteiger partial charge < -0.3 is 9.66 Å². The van der Waals surface area contributed by atoms with E-state index < -0.39 is 27.2 Å². The molecule has 2 atom stereocenters. The number of nitro benzene ring substituents is 1. The average molecular weight is 244 g/mol. The van der Waals surface area contributed by atoms with E-state index in [-0.39, 0.29) is 11.3 Å². The first-order valence-corrected chi connectivity index (χ1v) is 5.12. The Morgan fingerprint density at radius 1 is 1.38 bits per heavy atom. The lowest BCUT2D eigenvalue weighted by atomic mass is 10.1. The van der Waals surface area contributed by atoms with Gasteiger partial charge in [-0.25, -0.2) is 0 Å². The summed E-state index contributed by atoms with van der Waals surface area (Å²) in [4.78, 5) is 20.3. The van der Waals surface area contributed by atoms with Crippen molar-refractivity contribution in [3.05, 3.63) is 39.9 Å². The van der Waals surface area contributed by atoms with Crippen molar-refractivity contribution in [2.45, 2.75) is 5.25 Å². The summed E-state index contributed by atoms with van der Waals surface area (Å²) in [5.41, 5.74) is -0.254. The summed E-state index contributed by atoms with van der Waals surface area (Å²) >= 11 is -2.82. The molecule has 0 aromatic heterocycles. The lowest BCUT2D eigenvalue weighted by molar-refractivity contribution is -0.384. The Kier molecular flexibility index (Phi) is 3.69. The first-order chi connectivity index (χ1) is 7.43. The number of carbonyl (C=O) groups is 1. The third-order valence-electron chi connectivity index (χ3n) is 1.82. The fourth-order valence-electron chi connectivity index (χ4n) is 1.11. The number of non-ortho nitro benzene ring substituents is 1. The molecule has 1 rings (SSSR count). The van der Waals surface area contributed by atoms with Gasteiger partial charge in [0.15, 0.2) is 0 Å². The molecule has 0 saturated heterocycles. The normalized spacial score (nSPS) is 14.1. The molecule has 0 saturated carbocycles. The lowest BCUT2D eigenvalue weighted by Crippen LogP contribution is -2.16. The van der Waals surface area contributed by atoms with E-state index in [2.05, 4.69) is 0 Å². The van der Waals surface area contributed by atoms with E-state index in [4.69, 9.17) is 5.11 Å².